The number of benzene rings is 1. The Balaban J connectivity index is 1.47. The van der Waals surface area contributed by atoms with Gasteiger partial charge in [-0.2, -0.15) is 5.10 Å². The minimum Gasteiger partial charge on any atom is -0.396 e. The Hall–Kier alpha value is -2.89. The molecule has 2 unspecified atom stereocenters. The highest BCUT2D eigenvalue weighted by Crippen LogP contribution is 2.34. The van der Waals surface area contributed by atoms with Crippen LogP contribution >= 0.6 is 11.6 Å². The van der Waals surface area contributed by atoms with Gasteiger partial charge in [0.2, 0.25) is 10.0 Å². The van der Waals surface area contributed by atoms with Gasteiger partial charge in [0.15, 0.2) is 5.65 Å². The second kappa shape index (κ2) is 10.1. The first-order valence-corrected chi connectivity index (χ1v) is 14.7. The number of carbonyl (C=O) groups excluding carboxylic acids is 1. The molecule has 2 saturated heterocycles. The summed E-state index contributed by atoms with van der Waals surface area (Å²) in [5.41, 5.74) is 2.84. The van der Waals surface area contributed by atoms with Crippen molar-refractivity contribution in [2.75, 3.05) is 42.1 Å². The lowest BCUT2D eigenvalue weighted by molar-refractivity contribution is 0.0607. The van der Waals surface area contributed by atoms with Crippen molar-refractivity contribution < 1.29 is 18.3 Å². The Morgan fingerprint density at radius 3 is 2.76 bits per heavy atom. The molecule has 198 valence electrons. The molecule has 0 spiro atoms. The van der Waals surface area contributed by atoms with Gasteiger partial charge in [0.25, 0.3) is 5.91 Å². The van der Waals surface area contributed by atoms with Crippen LogP contribution in [0.1, 0.15) is 53.3 Å². The number of halogens is 1. The Bertz CT molecular complexity index is 1440. The van der Waals surface area contributed by atoms with Gasteiger partial charge in [0.05, 0.1) is 29.2 Å². The molecular formula is C25H31ClN6O4S. The van der Waals surface area contributed by atoms with Gasteiger partial charge in [-0.3, -0.25) is 9.52 Å². The summed E-state index contributed by atoms with van der Waals surface area (Å²) in [6.07, 6.45) is 6.46. The molecule has 0 saturated carbocycles. The summed E-state index contributed by atoms with van der Waals surface area (Å²) in [4.78, 5) is 22.6. The quantitative estimate of drug-likeness (QED) is 0.487. The van der Waals surface area contributed by atoms with Crippen molar-refractivity contribution in [1.29, 1.82) is 0 Å². The monoisotopic (exact) mass is 546 g/mol. The van der Waals surface area contributed by atoms with E-state index in [4.69, 9.17) is 21.7 Å². The fraction of sp³-hybridized carbons (Fsp3) is 0.480. The number of rotatable bonds is 6. The molecule has 2 aliphatic heterocycles. The number of aliphatic hydroxyl groups excluding tert-OH is 1. The number of hydrogen-bond acceptors (Lipinski definition) is 7. The maximum Gasteiger partial charge on any atom is 0.256 e. The van der Waals surface area contributed by atoms with Crippen LogP contribution in [0.5, 0.6) is 0 Å². The van der Waals surface area contributed by atoms with Crippen molar-refractivity contribution in [3.8, 4) is 0 Å². The number of likely N-dealkylation sites (tertiary alicyclic amines) is 1. The number of carbonyl (C=O) groups is 1. The molecular weight excluding hydrogens is 516 g/mol. The van der Waals surface area contributed by atoms with E-state index in [0.717, 1.165) is 62.1 Å². The van der Waals surface area contributed by atoms with Gasteiger partial charge in [0, 0.05) is 55.0 Å². The van der Waals surface area contributed by atoms with E-state index in [1.807, 2.05) is 19.2 Å². The number of piperidine rings is 1. The Labute approximate surface area is 221 Å². The lowest BCUT2D eigenvalue weighted by atomic mass is 9.98. The van der Waals surface area contributed by atoms with E-state index in [-0.39, 0.29) is 35.7 Å². The Morgan fingerprint density at radius 2 is 2.03 bits per heavy atom. The molecule has 0 bridgehead atoms. The van der Waals surface area contributed by atoms with Crippen LogP contribution in [0.2, 0.25) is 5.02 Å². The molecule has 2 aromatic heterocycles. The Kier molecular flexibility index (Phi) is 7.03. The number of anilines is 2. The summed E-state index contributed by atoms with van der Waals surface area (Å²) in [5.74, 6) is 0.850. The van der Waals surface area contributed by atoms with Crippen LogP contribution in [-0.4, -0.2) is 71.4 Å². The summed E-state index contributed by atoms with van der Waals surface area (Å²) >= 11 is 6.19. The molecule has 5 rings (SSSR count). The number of fused-ring (bicyclic) bond motifs is 1. The molecule has 0 aliphatic carbocycles. The van der Waals surface area contributed by atoms with Gasteiger partial charge >= 0.3 is 0 Å². The number of sulfonamides is 1. The van der Waals surface area contributed by atoms with E-state index in [2.05, 4.69) is 9.62 Å². The molecule has 2 N–H and O–H groups in total. The lowest BCUT2D eigenvalue weighted by Gasteiger charge is -2.35. The normalized spacial score (nSPS) is 20.5. The van der Waals surface area contributed by atoms with Crippen LogP contribution in [-0.2, 0) is 10.0 Å². The minimum absolute atomic E-state index is 0.175. The van der Waals surface area contributed by atoms with Gasteiger partial charge in [-0.05, 0) is 50.8 Å². The van der Waals surface area contributed by atoms with Crippen molar-refractivity contribution in [3.05, 3.63) is 52.3 Å². The number of aliphatic hydroxyl groups is 1. The molecule has 0 radical (unpaired) electrons. The number of nitrogens with one attached hydrogen (secondary N) is 1. The predicted molar refractivity (Wildman–Crippen MR) is 143 cm³/mol. The molecule has 37 heavy (non-hydrogen) atoms. The van der Waals surface area contributed by atoms with Gasteiger partial charge in [-0.15, -0.1) is 0 Å². The minimum atomic E-state index is -3.59. The first-order valence-electron chi connectivity index (χ1n) is 12.4. The van der Waals surface area contributed by atoms with E-state index >= 15 is 0 Å². The van der Waals surface area contributed by atoms with Gasteiger partial charge < -0.3 is 14.9 Å². The summed E-state index contributed by atoms with van der Waals surface area (Å²) in [7, 11) is -3.59. The third kappa shape index (κ3) is 5.39. The van der Waals surface area contributed by atoms with Crippen molar-refractivity contribution in [2.45, 2.75) is 38.6 Å². The summed E-state index contributed by atoms with van der Waals surface area (Å²) in [6, 6.07) is 6.21. The number of hydrogen-bond donors (Lipinski definition) is 2. The van der Waals surface area contributed by atoms with Gasteiger partial charge in [-0.1, -0.05) is 11.6 Å². The SMILES string of the molecule is Cc1cn2nc(C3CCCCN3C(=O)c3cc(Cl)ccc3NS(C)(=O)=O)cc2nc1N1CCC(CO)C1. The highest BCUT2D eigenvalue weighted by molar-refractivity contribution is 7.92. The number of amides is 1. The lowest BCUT2D eigenvalue weighted by Crippen LogP contribution is -2.39. The van der Waals surface area contributed by atoms with Gasteiger partial charge in [0.1, 0.15) is 5.82 Å². The highest BCUT2D eigenvalue weighted by Gasteiger charge is 2.32. The first-order chi connectivity index (χ1) is 17.6. The fourth-order valence-electron chi connectivity index (χ4n) is 5.30. The van der Waals surface area contributed by atoms with Crippen LogP contribution in [0.3, 0.4) is 0 Å². The van der Waals surface area contributed by atoms with Crippen LogP contribution < -0.4 is 9.62 Å². The molecule has 2 aliphatic rings. The molecule has 12 heteroatoms. The smallest absolute Gasteiger partial charge is 0.256 e. The van der Waals surface area contributed by atoms with E-state index in [9.17, 15) is 18.3 Å². The van der Waals surface area contributed by atoms with Crippen molar-refractivity contribution >= 4 is 44.7 Å². The largest absolute Gasteiger partial charge is 0.396 e. The summed E-state index contributed by atoms with van der Waals surface area (Å²) in [6.45, 7) is 4.33. The predicted octanol–water partition coefficient (Wildman–Crippen LogP) is 3.25. The topological polar surface area (TPSA) is 120 Å². The van der Waals surface area contributed by atoms with Crippen LogP contribution in [0.25, 0.3) is 5.65 Å². The van der Waals surface area contributed by atoms with E-state index in [1.165, 1.54) is 12.1 Å². The maximum atomic E-state index is 13.8. The molecule has 4 heterocycles. The summed E-state index contributed by atoms with van der Waals surface area (Å²) < 4.78 is 28.0. The fourth-order valence-corrected chi connectivity index (χ4v) is 6.04. The van der Waals surface area contributed by atoms with Crippen LogP contribution in [0.4, 0.5) is 11.5 Å². The molecule has 2 atom stereocenters. The maximum absolute atomic E-state index is 13.8. The third-order valence-corrected chi connectivity index (χ3v) is 7.91. The number of nitrogens with zero attached hydrogens (tertiary/aromatic N) is 5. The molecule has 1 aromatic carbocycles. The van der Waals surface area contributed by atoms with Crippen molar-refractivity contribution in [1.82, 2.24) is 19.5 Å². The van der Waals surface area contributed by atoms with E-state index in [1.54, 1.807) is 15.5 Å². The summed E-state index contributed by atoms with van der Waals surface area (Å²) in [5, 5.41) is 14.7. The number of aromatic nitrogens is 3. The molecule has 1 amide bonds. The average Bonchev–Trinajstić information content (AvgIpc) is 3.50. The average molecular weight is 547 g/mol. The molecule has 3 aromatic rings. The first kappa shape index (κ1) is 25.7. The van der Waals surface area contributed by atoms with E-state index in [0.29, 0.717) is 17.2 Å². The van der Waals surface area contributed by atoms with Crippen LogP contribution in [0.15, 0.2) is 30.5 Å². The van der Waals surface area contributed by atoms with Crippen LogP contribution in [0, 0.1) is 12.8 Å². The second-order valence-corrected chi connectivity index (χ2v) is 12.2. The second-order valence-electron chi connectivity index (χ2n) is 9.98. The Morgan fingerprint density at radius 1 is 1.22 bits per heavy atom. The zero-order valence-corrected chi connectivity index (χ0v) is 22.5. The zero-order chi connectivity index (χ0) is 26.3. The standard InChI is InChI=1S/C25H31ClN6O4S/c1-16-13-32-23(27-24(16)30-10-8-17(14-30)15-33)12-21(28-32)22-5-3-4-9-31(22)25(34)19-11-18(26)6-7-20(19)29-37(2,35)36/h6-7,11-13,17,22,29,33H,3-5,8-10,14-15H2,1-2H3. The zero-order valence-electron chi connectivity index (χ0n) is 20.9. The highest BCUT2D eigenvalue weighted by atomic mass is 35.5. The molecule has 2 fully saturated rings. The molecule has 10 nitrogen and oxygen atoms in total. The third-order valence-electron chi connectivity index (χ3n) is 7.08. The van der Waals surface area contributed by atoms with E-state index < -0.39 is 10.0 Å². The van der Waals surface area contributed by atoms with Crippen molar-refractivity contribution in [3.63, 3.8) is 0 Å². The van der Waals surface area contributed by atoms with Crippen molar-refractivity contribution in [2.24, 2.45) is 5.92 Å². The number of aryl methyl sites for hydroxylation is 1. The van der Waals surface area contributed by atoms with Gasteiger partial charge in [-0.25, -0.2) is 17.9 Å².